The molecule has 2 aromatic carbocycles. The number of halogens is 1. The Morgan fingerprint density at radius 2 is 1.89 bits per heavy atom. The number of aryl methyl sites for hydroxylation is 1. The highest BCUT2D eigenvalue weighted by molar-refractivity contribution is 6.07. The second kappa shape index (κ2) is 9.22. The number of amides is 3. The monoisotopic (exact) mass is 489 g/mol. The molecule has 0 saturated heterocycles. The summed E-state index contributed by atoms with van der Waals surface area (Å²) in [4.78, 5) is 45.9. The number of carbonyl (C=O) groups is 3. The van der Waals surface area contributed by atoms with Crippen LogP contribution in [0, 0.1) is 12.7 Å². The van der Waals surface area contributed by atoms with Gasteiger partial charge in [-0.2, -0.15) is 0 Å². The number of fused-ring (bicyclic) bond motifs is 1. The molecule has 1 aromatic heterocycles. The first-order valence-corrected chi connectivity index (χ1v) is 12.0. The van der Waals surface area contributed by atoms with E-state index in [2.05, 4.69) is 15.6 Å². The normalized spacial score (nSPS) is 19.1. The molecule has 2 heterocycles. The molecule has 3 aromatic rings. The van der Waals surface area contributed by atoms with Gasteiger partial charge in [0.25, 0.3) is 11.8 Å². The van der Waals surface area contributed by atoms with Gasteiger partial charge in [-0.15, -0.1) is 0 Å². The van der Waals surface area contributed by atoms with E-state index in [4.69, 9.17) is 0 Å². The standard InChI is InChI=1S/C27H28FN5O3/c1-17-6-5-7-18(12-17)13-30-26(36)27(2)15-32-16-31-22(23(32)25(35)33(27)20-10-11-20)24(34)29-14-19-8-3-4-9-21(19)28/h3-9,12,16,20H,10-11,13-15H2,1-2H3,(H,29,34)(H,30,36)/t27-/m1/s1. The Morgan fingerprint density at radius 1 is 1.11 bits per heavy atom. The van der Waals surface area contributed by atoms with Gasteiger partial charge < -0.3 is 20.1 Å². The lowest BCUT2D eigenvalue weighted by Crippen LogP contribution is -2.64. The second-order valence-electron chi connectivity index (χ2n) is 9.70. The Kier molecular flexibility index (Phi) is 6.07. The fraction of sp³-hybridized carbons (Fsp3) is 0.333. The zero-order valence-electron chi connectivity index (χ0n) is 20.3. The molecule has 1 aliphatic heterocycles. The third-order valence-corrected chi connectivity index (χ3v) is 6.82. The number of hydrogen-bond donors (Lipinski definition) is 2. The zero-order valence-corrected chi connectivity index (χ0v) is 20.3. The lowest BCUT2D eigenvalue weighted by atomic mass is 9.93. The molecule has 2 N–H and O–H groups in total. The maximum atomic E-state index is 13.9. The van der Waals surface area contributed by atoms with Gasteiger partial charge in [0, 0.05) is 24.7 Å². The molecular formula is C27H28FN5O3. The van der Waals surface area contributed by atoms with E-state index in [1.54, 1.807) is 34.6 Å². The van der Waals surface area contributed by atoms with Crippen LogP contribution in [0.5, 0.6) is 0 Å². The van der Waals surface area contributed by atoms with E-state index >= 15 is 0 Å². The average Bonchev–Trinajstić information content (AvgIpc) is 3.59. The predicted octanol–water partition coefficient (Wildman–Crippen LogP) is 2.95. The molecular weight excluding hydrogens is 461 g/mol. The number of carbonyl (C=O) groups excluding carboxylic acids is 3. The Balaban J connectivity index is 1.37. The molecule has 9 heteroatoms. The molecule has 5 rings (SSSR count). The van der Waals surface area contributed by atoms with Crippen molar-refractivity contribution >= 4 is 17.7 Å². The largest absolute Gasteiger partial charge is 0.350 e. The third-order valence-electron chi connectivity index (χ3n) is 6.82. The van der Waals surface area contributed by atoms with Crippen LogP contribution in [0.4, 0.5) is 4.39 Å². The lowest BCUT2D eigenvalue weighted by molar-refractivity contribution is -0.133. The van der Waals surface area contributed by atoms with Crippen molar-refractivity contribution in [1.29, 1.82) is 0 Å². The Bertz CT molecular complexity index is 1350. The van der Waals surface area contributed by atoms with E-state index in [-0.39, 0.29) is 36.4 Å². The molecule has 0 unspecified atom stereocenters. The summed E-state index contributed by atoms with van der Waals surface area (Å²) in [6.07, 6.45) is 3.02. The third kappa shape index (κ3) is 4.36. The van der Waals surface area contributed by atoms with Crippen molar-refractivity contribution < 1.29 is 18.8 Å². The van der Waals surface area contributed by atoms with Gasteiger partial charge in [-0.25, -0.2) is 9.37 Å². The molecule has 186 valence electrons. The summed E-state index contributed by atoms with van der Waals surface area (Å²) in [6.45, 7) is 4.25. The molecule has 3 amide bonds. The van der Waals surface area contributed by atoms with Gasteiger partial charge in [0.1, 0.15) is 17.1 Å². The van der Waals surface area contributed by atoms with Gasteiger partial charge in [-0.05, 0) is 38.3 Å². The number of nitrogens with one attached hydrogen (secondary N) is 2. The number of rotatable bonds is 7. The first-order valence-electron chi connectivity index (χ1n) is 12.0. The molecule has 0 spiro atoms. The van der Waals surface area contributed by atoms with Crippen molar-refractivity contribution in [2.45, 2.75) is 57.9 Å². The van der Waals surface area contributed by atoms with Gasteiger partial charge in [0.15, 0.2) is 5.69 Å². The Morgan fingerprint density at radius 3 is 2.61 bits per heavy atom. The number of imidazole rings is 1. The van der Waals surface area contributed by atoms with Crippen LogP contribution in [0.3, 0.4) is 0 Å². The topological polar surface area (TPSA) is 96.3 Å². The lowest BCUT2D eigenvalue weighted by Gasteiger charge is -2.44. The summed E-state index contributed by atoms with van der Waals surface area (Å²) in [6, 6.07) is 14.0. The molecule has 1 aliphatic carbocycles. The minimum atomic E-state index is -1.13. The highest BCUT2D eigenvalue weighted by atomic mass is 19.1. The first kappa shape index (κ1) is 23.7. The van der Waals surface area contributed by atoms with Gasteiger partial charge in [0.2, 0.25) is 5.91 Å². The van der Waals surface area contributed by atoms with Crippen LogP contribution >= 0.6 is 0 Å². The molecule has 1 atom stereocenters. The van der Waals surface area contributed by atoms with Crippen molar-refractivity contribution in [3.05, 3.63) is 88.8 Å². The van der Waals surface area contributed by atoms with E-state index in [9.17, 15) is 18.8 Å². The molecule has 0 bridgehead atoms. The van der Waals surface area contributed by atoms with E-state index < -0.39 is 23.2 Å². The number of benzene rings is 2. The maximum absolute atomic E-state index is 13.9. The summed E-state index contributed by atoms with van der Waals surface area (Å²) >= 11 is 0. The van der Waals surface area contributed by atoms with Crippen LogP contribution in [0.1, 0.15) is 57.4 Å². The number of hydrogen-bond acceptors (Lipinski definition) is 4. The molecule has 8 nitrogen and oxygen atoms in total. The Hall–Kier alpha value is -4.01. The summed E-state index contributed by atoms with van der Waals surface area (Å²) in [5, 5.41) is 5.65. The first-order chi connectivity index (χ1) is 17.3. The highest BCUT2D eigenvalue weighted by Gasteiger charge is 2.53. The minimum absolute atomic E-state index is 0.0239. The van der Waals surface area contributed by atoms with Crippen LogP contribution in [-0.4, -0.2) is 43.8 Å². The highest BCUT2D eigenvalue weighted by Crippen LogP contribution is 2.38. The molecule has 36 heavy (non-hydrogen) atoms. The average molecular weight is 490 g/mol. The van der Waals surface area contributed by atoms with Gasteiger partial charge in [-0.3, -0.25) is 14.4 Å². The molecule has 1 saturated carbocycles. The SMILES string of the molecule is Cc1cccc(CNC(=O)[C@@]2(C)Cn3cnc(C(=O)NCc4ccccc4F)c3C(=O)N2C2CC2)c1. The van der Waals surface area contributed by atoms with E-state index in [1.807, 2.05) is 31.2 Å². The van der Waals surface area contributed by atoms with Crippen molar-refractivity contribution in [3.8, 4) is 0 Å². The summed E-state index contributed by atoms with van der Waals surface area (Å²) in [7, 11) is 0. The van der Waals surface area contributed by atoms with Crippen LogP contribution in [-0.2, 0) is 24.4 Å². The zero-order chi connectivity index (χ0) is 25.4. The van der Waals surface area contributed by atoms with Crippen molar-refractivity contribution in [2.24, 2.45) is 0 Å². The van der Waals surface area contributed by atoms with Crippen molar-refractivity contribution in [2.75, 3.05) is 0 Å². The Labute approximate surface area is 208 Å². The van der Waals surface area contributed by atoms with Crippen LogP contribution in [0.15, 0.2) is 54.9 Å². The van der Waals surface area contributed by atoms with Crippen LogP contribution < -0.4 is 10.6 Å². The van der Waals surface area contributed by atoms with E-state index in [0.29, 0.717) is 12.1 Å². The fourth-order valence-corrected chi connectivity index (χ4v) is 4.82. The van der Waals surface area contributed by atoms with Crippen LogP contribution in [0.2, 0.25) is 0 Å². The number of aromatic nitrogens is 2. The summed E-state index contributed by atoms with van der Waals surface area (Å²) in [5.41, 5.74) is 1.41. The van der Waals surface area contributed by atoms with Gasteiger partial charge in [0.05, 0.1) is 12.9 Å². The minimum Gasteiger partial charge on any atom is -0.350 e. The second-order valence-corrected chi connectivity index (χ2v) is 9.70. The van der Waals surface area contributed by atoms with Gasteiger partial charge in [-0.1, -0.05) is 48.0 Å². The maximum Gasteiger partial charge on any atom is 0.274 e. The summed E-state index contributed by atoms with van der Waals surface area (Å²) < 4.78 is 15.5. The van der Waals surface area contributed by atoms with Gasteiger partial charge >= 0.3 is 0 Å². The van der Waals surface area contributed by atoms with Crippen molar-refractivity contribution in [1.82, 2.24) is 25.1 Å². The summed E-state index contributed by atoms with van der Waals surface area (Å²) in [5.74, 6) is -1.64. The smallest absolute Gasteiger partial charge is 0.274 e. The molecule has 0 radical (unpaired) electrons. The fourth-order valence-electron chi connectivity index (χ4n) is 4.82. The van der Waals surface area contributed by atoms with E-state index in [1.165, 1.54) is 12.4 Å². The van der Waals surface area contributed by atoms with E-state index in [0.717, 1.165) is 24.0 Å². The van der Waals surface area contributed by atoms with Crippen molar-refractivity contribution in [3.63, 3.8) is 0 Å². The van der Waals surface area contributed by atoms with Crippen LogP contribution in [0.25, 0.3) is 0 Å². The predicted molar refractivity (Wildman–Crippen MR) is 130 cm³/mol. The quantitative estimate of drug-likeness (QED) is 0.533. The molecule has 1 fully saturated rings. The molecule has 2 aliphatic rings. The number of nitrogens with zero attached hydrogens (tertiary/aromatic N) is 3.